The Morgan fingerprint density at radius 3 is 1.10 bits per heavy atom. The van der Waals surface area contributed by atoms with Gasteiger partial charge in [-0.2, -0.15) is 0 Å². The van der Waals surface area contributed by atoms with Crippen LogP contribution in [0.15, 0.2) is 205 Å². The van der Waals surface area contributed by atoms with Crippen LogP contribution in [0.4, 0.5) is 20.1 Å². The summed E-state index contributed by atoms with van der Waals surface area (Å²) in [6, 6.07) is 59.1. The largest absolute Gasteiger partial charge is 0.494 e. The molecule has 0 saturated carbocycles. The molecule has 0 radical (unpaired) electrons. The minimum Gasteiger partial charge on any atom is -0.494 e. The number of unbranched alkanes of at least 4 members (excludes halogenated alkanes) is 1. The van der Waals surface area contributed by atoms with Crippen molar-refractivity contribution in [2.75, 3.05) is 113 Å². The molecule has 118 heavy (non-hydrogen) atoms. The zero-order valence-corrected chi connectivity index (χ0v) is 69.7. The smallest absolute Gasteiger partial charge is 0.416 e. The van der Waals surface area contributed by atoms with E-state index in [0.29, 0.717) is 136 Å². The molecule has 7 heterocycles. The van der Waals surface area contributed by atoms with E-state index in [1.807, 2.05) is 140 Å². The number of nitrogens with one attached hydrogen (secondary N) is 3. The first-order valence-corrected chi connectivity index (χ1v) is 41.5. The molecule has 3 N–H and O–H groups in total. The van der Waals surface area contributed by atoms with Gasteiger partial charge in [0, 0.05) is 120 Å². The van der Waals surface area contributed by atoms with Crippen LogP contribution >= 0.6 is 62.3 Å². The van der Waals surface area contributed by atoms with E-state index < -0.39 is 29.2 Å². The van der Waals surface area contributed by atoms with Gasteiger partial charge in [0.15, 0.2) is 0 Å². The molecule has 1 fully saturated rings. The number of carbonyl (C=O) groups is 3. The van der Waals surface area contributed by atoms with E-state index in [4.69, 9.17) is 93.8 Å². The first kappa shape index (κ1) is 84.1. The zero-order chi connectivity index (χ0) is 82.0. The van der Waals surface area contributed by atoms with E-state index in [2.05, 4.69) is 35.8 Å². The van der Waals surface area contributed by atoms with Crippen LogP contribution < -0.4 is 28.4 Å². The third kappa shape index (κ3) is 21.0. The van der Waals surface area contributed by atoms with Gasteiger partial charge in [0.2, 0.25) is 0 Å². The molecule has 4 aliphatic heterocycles. The molecule has 23 nitrogen and oxygen atoms in total. The number of nitrogens with zero attached hydrogens (tertiary/aromatic N) is 5. The number of halogens is 5. The third-order valence-corrected chi connectivity index (χ3v) is 22.5. The van der Waals surface area contributed by atoms with Crippen molar-refractivity contribution in [1.82, 2.24) is 34.6 Å². The van der Waals surface area contributed by atoms with E-state index in [1.165, 1.54) is 55.8 Å². The van der Waals surface area contributed by atoms with Crippen molar-refractivity contribution in [2.24, 2.45) is 0 Å². The Morgan fingerprint density at radius 2 is 0.737 bits per heavy atom. The standard InChI is InChI=1S/C32H33Cl2N3O3.C29H28BrClN2O5.C29H28ClN3O7/c33-23-7-12-26(13-8-23)40-32(38)37-19-15-27-28-21-24(34)9-14-29(28)35-30(27)31(37)22-5-10-25(11-6-22)39-20-4-3-18-36-16-1-2-17-36;1-35-14-15-36-16-17-37-22-7-2-19(3-8-22)28-27-24(25-18-21(31)6-11-26(25)32-27)12-13-33(28)29(34)38-23-9-4-20(30)5-10-23;1-37-14-15-38-16-17-39-22-7-2-19(3-8-22)28-27-24(25-18-20(30)4-11-26(25)31-27)12-13-32(28)29(34)40-23-9-5-21(6-10-23)33(35)36/h5-14,21,31,35H,1-4,15-20H2;2-11,18,28,32H,12-17H2,1H3;2-11,18,28,31H,12-17H2,1H3. The number of methoxy groups -OCH3 is 2. The summed E-state index contributed by atoms with van der Waals surface area (Å²) in [5.74, 6) is 3.41. The maximum Gasteiger partial charge on any atom is 0.416 e. The van der Waals surface area contributed by atoms with Crippen LogP contribution in [-0.4, -0.2) is 171 Å². The number of aromatic nitrogens is 3. The molecular formula is C90H89BrCl4N8O15. The van der Waals surface area contributed by atoms with Crippen molar-refractivity contribution >= 4 is 119 Å². The average molecular weight is 1740 g/mol. The molecule has 3 unspecified atom stereocenters. The molecule has 3 atom stereocenters. The lowest BCUT2D eigenvalue weighted by Gasteiger charge is -2.35. The summed E-state index contributed by atoms with van der Waals surface area (Å²) in [5.41, 5.74) is 11.9. The van der Waals surface area contributed by atoms with E-state index in [9.17, 15) is 24.5 Å². The second kappa shape index (κ2) is 40.4. The molecule has 16 rings (SSSR count). The molecule has 28 heteroatoms. The summed E-state index contributed by atoms with van der Waals surface area (Å²) in [6.07, 6.45) is 5.44. The van der Waals surface area contributed by atoms with Gasteiger partial charge in [0.25, 0.3) is 5.69 Å². The molecule has 3 aromatic heterocycles. The number of likely N-dealkylation sites (tertiary alicyclic amines) is 1. The van der Waals surface area contributed by atoms with Crippen molar-refractivity contribution in [3.8, 4) is 34.5 Å². The van der Waals surface area contributed by atoms with Gasteiger partial charge >= 0.3 is 18.3 Å². The normalized spacial score (nSPS) is 15.6. The highest BCUT2D eigenvalue weighted by molar-refractivity contribution is 9.10. The Bertz CT molecular complexity index is 5400. The van der Waals surface area contributed by atoms with Crippen molar-refractivity contribution in [1.29, 1.82) is 0 Å². The van der Waals surface area contributed by atoms with Gasteiger partial charge in [-0.15, -0.1) is 0 Å². The number of hydrogen-bond acceptors (Lipinski definition) is 16. The van der Waals surface area contributed by atoms with Gasteiger partial charge in [-0.25, -0.2) is 14.4 Å². The second-order valence-electron chi connectivity index (χ2n) is 28.6. The monoisotopic (exact) mass is 1740 g/mol. The number of aromatic amines is 3. The Kier molecular flexibility index (Phi) is 28.8. The van der Waals surface area contributed by atoms with Gasteiger partial charge in [-0.1, -0.05) is 98.7 Å². The highest BCUT2D eigenvalue weighted by atomic mass is 79.9. The molecule has 4 aliphatic rings. The summed E-state index contributed by atoms with van der Waals surface area (Å²) in [5, 5.41) is 16.8. The Morgan fingerprint density at radius 1 is 0.407 bits per heavy atom. The van der Waals surface area contributed by atoms with Gasteiger partial charge in [0.05, 0.1) is 51.2 Å². The lowest BCUT2D eigenvalue weighted by atomic mass is 9.92. The minimum atomic E-state index is -0.560. The first-order valence-electron chi connectivity index (χ1n) is 39.2. The summed E-state index contributed by atoms with van der Waals surface area (Å²) < 4.78 is 56.6. The number of amides is 3. The number of fused-ring (bicyclic) bond motifs is 9. The number of nitro groups is 1. The van der Waals surface area contributed by atoms with Crippen molar-refractivity contribution in [3.63, 3.8) is 0 Å². The minimum absolute atomic E-state index is 0.0825. The quantitative estimate of drug-likeness (QED) is 0.0246. The Hall–Kier alpha value is -10.4. The number of rotatable bonds is 27. The lowest BCUT2D eigenvalue weighted by molar-refractivity contribution is -0.384. The molecule has 3 amide bonds. The van der Waals surface area contributed by atoms with Gasteiger partial charge in [-0.3, -0.25) is 24.8 Å². The number of nitro benzene ring substituents is 1. The molecule has 0 bridgehead atoms. The Labute approximate surface area is 711 Å². The lowest BCUT2D eigenvalue weighted by Crippen LogP contribution is -2.42. The zero-order valence-electron chi connectivity index (χ0n) is 65.1. The molecule has 0 aliphatic carbocycles. The molecule has 614 valence electrons. The van der Waals surface area contributed by atoms with Crippen LogP contribution in [0.25, 0.3) is 32.7 Å². The van der Waals surface area contributed by atoms with Crippen LogP contribution in [0.2, 0.25) is 20.1 Å². The third-order valence-electron chi connectivity index (χ3n) is 21.0. The SMILES string of the molecule is COCCOCCOc1ccc(C2c3[nH]c4ccc(Cl)cc4c3CCN2C(=O)Oc2ccc(Br)cc2)cc1.COCCOCCOc1ccc(C2c3[nH]c4ccc(Cl)cc4c3CCN2C(=O)Oc2ccc([N+](=O)[O-])cc2)cc1.O=C(Oc1ccc(Cl)cc1)N1CCc2c([nH]c3ccc(Cl)cc23)C1c1ccc(OCCCCN2CCCC2)cc1. The van der Waals surface area contributed by atoms with Crippen LogP contribution in [0, 0.1) is 10.1 Å². The van der Waals surface area contributed by atoms with Crippen molar-refractivity contribution in [3.05, 3.63) is 285 Å². The number of non-ortho nitro benzene ring substituents is 1. The van der Waals surface area contributed by atoms with Crippen molar-refractivity contribution in [2.45, 2.75) is 63.1 Å². The number of ether oxygens (including phenoxy) is 10. The Balaban J connectivity index is 0.000000145. The summed E-state index contributed by atoms with van der Waals surface area (Å²) >= 11 is 28.4. The maximum atomic E-state index is 13.5. The molecule has 9 aromatic carbocycles. The summed E-state index contributed by atoms with van der Waals surface area (Å²) in [4.78, 5) is 69.2. The van der Waals surface area contributed by atoms with Crippen LogP contribution in [-0.2, 0) is 38.2 Å². The van der Waals surface area contributed by atoms with E-state index in [0.717, 1.165) is 113 Å². The van der Waals surface area contributed by atoms with E-state index in [-0.39, 0.29) is 23.5 Å². The summed E-state index contributed by atoms with van der Waals surface area (Å²) in [6.45, 7) is 9.61. The first-order chi connectivity index (χ1) is 57.5. The number of benzene rings is 9. The second-order valence-corrected chi connectivity index (χ2v) is 31.3. The van der Waals surface area contributed by atoms with Crippen LogP contribution in [0.3, 0.4) is 0 Å². The predicted molar refractivity (Wildman–Crippen MR) is 460 cm³/mol. The average Bonchev–Trinajstić information content (AvgIpc) is 1.60. The summed E-state index contributed by atoms with van der Waals surface area (Å²) in [7, 11) is 3.27. The fourth-order valence-corrected chi connectivity index (χ4v) is 16.2. The fourth-order valence-electron chi connectivity index (χ4n) is 15.3. The van der Waals surface area contributed by atoms with E-state index >= 15 is 0 Å². The van der Waals surface area contributed by atoms with Crippen molar-refractivity contribution < 1.29 is 66.7 Å². The van der Waals surface area contributed by atoms with Crippen LogP contribution in [0.1, 0.15) is 94.3 Å². The highest BCUT2D eigenvalue weighted by Gasteiger charge is 2.40. The van der Waals surface area contributed by atoms with Crippen LogP contribution in [0.5, 0.6) is 34.5 Å². The molecule has 12 aromatic rings. The fraction of sp³-hybridized carbons (Fsp3) is 0.300. The number of hydrogen-bond donors (Lipinski definition) is 3. The maximum absolute atomic E-state index is 13.5. The molecule has 1 saturated heterocycles. The van der Waals surface area contributed by atoms with Gasteiger partial charge < -0.3 is 67.2 Å². The highest BCUT2D eigenvalue weighted by Crippen LogP contribution is 2.44. The van der Waals surface area contributed by atoms with Gasteiger partial charge in [-0.05, 0) is 250 Å². The molecular weight excluding hydrogens is 1650 g/mol. The topological polar surface area (TPSA) is 247 Å². The van der Waals surface area contributed by atoms with E-state index in [1.54, 1.807) is 65.3 Å². The molecule has 0 spiro atoms. The predicted octanol–water partition coefficient (Wildman–Crippen LogP) is 20.6. The number of H-pyrrole nitrogens is 3. The number of carbonyl (C=O) groups excluding carboxylic acids is 3. The van der Waals surface area contributed by atoms with Gasteiger partial charge in [0.1, 0.15) is 65.8 Å².